The molecule has 6 nitrogen and oxygen atoms in total. The molecule has 0 aliphatic rings. The molecule has 0 amide bonds. The van der Waals surface area contributed by atoms with Gasteiger partial charge in [0.1, 0.15) is 11.5 Å². The minimum absolute atomic E-state index is 0.323. The smallest absolute Gasteiger partial charge is 0.431 e. The van der Waals surface area contributed by atoms with Crippen molar-refractivity contribution in [3.05, 3.63) is 96.1 Å². The van der Waals surface area contributed by atoms with E-state index >= 15 is 0 Å². The second-order valence-electron chi connectivity index (χ2n) is 15.6. The van der Waals surface area contributed by atoms with Crippen LogP contribution >= 0.6 is 0 Å². The van der Waals surface area contributed by atoms with E-state index in [1.807, 2.05) is 64.1 Å². The van der Waals surface area contributed by atoms with E-state index in [4.69, 9.17) is 18.9 Å². The Bertz CT molecular complexity index is 2140. The van der Waals surface area contributed by atoms with Crippen molar-refractivity contribution in [2.45, 2.75) is 131 Å². The van der Waals surface area contributed by atoms with E-state index in [-0.39, 0.29) is 12.2 Å². The fourth-order valence-electron chi connectivity index (χ4n) is 7.91. The molecule has 6 rings (SSSR count). The summed E-state index contributed by atoms with van der Waals surface area (Å²) < 4.78 is 23.3. The molecule has 0 bridgehead atoms. The SMILES string of the molecule is CCCCCCCc1ccc2c(OC(=O)OC(C)C)c3ccccc3c(-c3c4ccccc4c(OC(=O)OC(C)C)c4ccc(CCCCCCC)cc34)c2c1. The van der Waals surface area contributed by atoms with E-state index in [2.05, 4.69) is 62.4 Å². The molecule has 0 aliphatic heterocycles. The molecular weight excluding hydrogens is 697 g/mol. The maximum atomic E-state index is 13.2. The molecule has 0 atom stereocenters. The Morgan fingerprint density at radius 1 is 0.446 bits per heavy atom. The Morgan fingerprint density at radius 2 is 0.804 bits per heavy atom. The van der Waals surface area contributed by atoms with Gasteiger partial charge in [-0.2, -0.15) is 0 Å². The van der Waals surface area contributed by atoms with Gasteiger partial charge in [0.25, 0.3) is 0 Å². The van der Waals surface area contributed by atoms with Crippen LogP contribution < -0.4 is 9.47 Å². The van der Waals surface area contributed by atoms with Crippen LogP contribution in [0.25, 0.3) is 54.2 Å². The van der Waals surface area contributed by atoms with Crippen LogP contribution in [0.1, 0.15) is 117 Å². The van der Waals surface area contributed by atoms with Crippen molar-refractivity contribution in [2.24, 2.45) is 0 Å². The fraction of sp³-hybridized carbons (Fsp3) is 0.400. The molecule has 0 saturated carbocycles. The summed E-state index contributed by atoms with van der Waals surface area (Å²) in [5, 5.41) is 7.19. The molecule has 0 fully saturated rings. The van der Waals surface area contributed by atoms with Crippen molar-refractivity contribution in [1.82, 2.24) is 0 Å². The Morgan fingerprint density at radius 3 is 1.18 bits per heavy atom. The van der Waals surface area contributed by atoms with E-state index in [1.54, 1.807) is 0 Å². The predicted octanol–water partition coefficient (Wildman–Crippen LogP) is 14.8. The van der Waals surface area contributed by atoms with E-state index in [0.717, 1.165) is 79.9 Å². The maximum absolute atomic E-state index is 13.2. The lowest BCUT2D eigenvalue weighted by atomic mass is 9.84. The fourth-order valence-corrected chi connectivity index (χ4v) is 7.91. The van der Waals surface area contributed by atoms with Crippen LogP contribution in [0.2, 0.25) is 0 Å². The second-order valence-corrected chi connectivity index (χ2v) is 15.6. The third-order valence-corrected chi connectivity index (χ3v) is 10.5. The van der Waals surface area contributed by atoms with Gasteiger partial charge >= 0.3 is 12.3 Å². The van der Waals surface area contributed by atoms with Crippen molar-refractivity contribution < 1.29 is 28.5 Å². The van der Waals surface area contributed by atoms with Gasteiger partial charge in [-0.3, -0.25) is 0 Å². The number of hydrogen-bond donors (Lipinski definition) is 0. The lowest BCUT2D eigenvalue weighted by molar-refractivity contribution is 0.0725. The lowest BCUT2D eigenvalue weighted by Crippen LogP contribution is -2.16. The summed E-state index contributed by atoms with van der Waals surface area (Å²) in [5.74, 6) is 0.967. The van der Waals surface area contributed by atoms with E-state index in [9.17, 15) is 9.59 Å². The molecule has 0 aliphatic carbocycles. The standard InChI is InChI=1S/C50H58O6/c1-7-9-11-13-15-21-35-27-29-41-43(31-35)45(37-23-17-19-25-39(37)47(41)55-49(51)53-33(3)4)46-38-24-18-20-26-40(38)48(56-50(52)54-34(5)6)42-30-28-36(32-44(42)46)22-16-14-12-10-8-2/h17-20,23-34H,7-16,21-22H2,1-6H3. The number of fused-ring (bicyclic) bond motifs is 4. The quantitative estimate of drug-likeness (QED) is 0.0400. The number of benzene rings is 6. The van der Waals surface area contributed by atoms with Crippen molar-refractivity contribution in [2.75, 3.05) is 0 Å². The first-order valence-corrected chi connectivity index (χ1v) is 20.9. The third-order valence-electron chi connectivity index (χ3n) is 10.5. The van der Waals surface area contributed by atoms with Crippen molar-refractivity contribution in [3.8, 4) is 22.6 Å². The number of aryl methyl sites for hydroxylation is 2. The third kappa shape index (κ3) is 9.46. The summed E-state index contributed by atoms with van der Waals surface area (Å²) in [4.78, 5) is 26.4. The molecule has 0 unspecified atom stereocenters. The highest BCUT2D eigenvalue weighted by Crippen LogP contribution is 2.50. The largest absolute Gasteiger partial charge is 0.514 e. The highest BCUT2D eigenvalue weighted by atomic mass is 16.7. The molecule has 56 heavy (non-hydrogen) atoms. The molecule has 294 valence electrons. The van der Waals surface area contributed by atoms with Crippen molar-refractivity contribution >= 4 is 55.4 Å². The van der Waals surface area contributed by atoms with Crippen LogP contribution in [0, 0.1) is 0 Å². The van der Waals surface area contributed by atoms with Crippen LogP contribution in [0.5, 0.6) is 11.5 Å². The molecule has 0 N–H and O–H groups in total. The zero-order chi connectivity index (χ0) is 39.6. The van der Waals surface area contributed by atoms with Gasteiger partial charge < -0.3 is 18.9 Å². The number of rotatable bonds is 17. The monoisotopic (exact) mass is 754 g/mol. The first-order valence-electron chi connectivity index (χ1n) is 20.9. The summed E-state index contributed by atoms with van der Waals surface area (Å²) in [7, 11) is 0. The van der Waals surface area contributed by atoms with Gasteiger partial charge in [0.2, 0.25) is 0 Å². The van der Waals surface area contributed by atoms with Gasteiger partial charge in [0, 0.05) is 21.5 Å². The first kappa shape index (κ1) is 40.6. The first-order chi connectivity index (χ1) is 27.2. The summed E-state index contributed by atoms with van der Waals surface area (Å²) in [6.45, 7) is 11.8. The zero-order valence-corrected chi connectivity index (χ0v) is 34.2. The average Bonchev–Trinajstić information content (AvgIpc) is 3.17. The van der Waals surface area contributed by atoms with Crippen molar-refractivity contribution in [1.29, 1.82) is 0 Å². The molecule has 6 aromatic carbocycles. The summed E-state index contributed by atoms with van der Waals surface area (Å²) in [5.41, 5.74) is 4.56. The number of ether oxygens (including phenoxy) is 4. The highest BCUT2D eigenvalue weighted by molar-refractivity contribution is 6.27. The van der Waals surface area contributed by atoms with Crippen LogP contribution in [-0.2, 0) is 22.3 Å². The van der Waals surface area contributed by atoms with Gasteiger partial charge in [-0.25, -0.2) is 9.59 Å². The Labute approximate surface area is 332 Å². The van der Waals surface area contributed by atoms with Crippen LogP contribution in [0.15, 0.2) is 84.9 Å². The van der Waals surface area contributed by atoms with Gasteiger partial charge in [0.05, 0.1) is 12.2 Å². The maximum Gasteiger partial charge on any atom is 0.514 e. The number of carbonyl (C=O) groups excluding carboxylic acids is 2. The molecule has 0 aromatic heterocycles. The van der Waals surface area contributed by atoms with Gasteiger partial charge in [0.15, 0.2) is 0 Å². The molecule has 0 radical (unpaired) electrons. The van der Waals surface area contributed by atoms with Gasteiger partial charge in [-0.05, 0) is 97.2 Å². The minimum atomic E-state index is -0.728. The minimum Gasteiger partial charge on any atom is -0.431 e. The average molecular weight is 755 g/mol. The van der Waals surface area contributed by atoms with Crippen LogP contribution in [0.3, 0.4) is 0 Å². The molecule has 0 heterocycles. The molecule has 6 heteroatoms. The van der Waals surface area contributed by atoms with Crippen molar-refractivity contribution in [3.63, 3.8) is 0 Å². The normalized spacial score (nSPS) is 11.6. The Balaban J connectivity index is 1.67. The topological polar surface area (TPSA) is 71.1 Å². The molecule has 6 aromatic rings. The second kappa shape index (κ2) is 19.2. The van der Waals surface area contributed by atoms with Gasteiger partial charge in [-0.15, -0.1) is 0 Å². The number of hydrogen-bond acceptors (Lipinski definition) is 6. The Hall–Kier alpha value is -5.10. The van der Waals surface area contributed by atoms with E-state index < -0.39 is 12.3 Å². The summed E-state index contributed by atoms with van der Waals surface area (Å²) >= 11 is 0. The zero-order valence-electron chi connectivity index (χ0n) is 34.2. The predicted molar refractivity (Wildman–Crippen MR) is 231 cm³/mol. The summed E-state index contributed by atoms with van der Waals surface area (Å²) in [6.07, 6.45) is 11.7. The van der Waals surface area contributed by atoms with Gasteiger partial charge in [-0.1, -0.05) is 150 Å². The highest BCUT2D eigenvalue weighted by Gasteiger charge is 2.25. The molecular formula is C50H58O6. The van der Waals surface area contributed by atoms with Crippen LogP contribution in [0.4, 0.5) is 9.59 Å². The summed E-state index contributed by atoms with van der Waals surface area (Å²) in [6, 6.07) is 29.4. The van der Waals surface area contributed by atoms with E-state index in [0.29, 0.717) is 11.5 Å². The lowest BCUT2D eigenvalue weighted by Gasteiger charge is -2.22. The number of carbonyl (C=O) groups is 2. The van der Waals surface area contributed by atoms with E-state index in [1.165, 1.54) is 62.5 Å². The molecule has 0 spiro atoms. The molecule has 0 saturated heterocycles. The number of unbranched alkanes of at least 4 members (excludes halogenated alkanes) is 8. The Kier molecular flexibility index (Phi) is 13.9. The van der Waals surface area contributed by atoms with Crippen LogP contribution in [-0.4, -0.2) is 24.5 Å².